The van der Waals surface area contributed by atoms with Crippen LogP contribution in [0.1, 0.15) is 13.8 Å². The summed E-state index contributed by atoms with van der Waals surface area (Å²) in [6, 6.07) is 0.0896. The van der Waals surface area contributed by atoms with Gasteiger partial charge in [0.2, 0.25) is 11.8 Å². The number of ether oxygens (including phenoxy) is 1. The first kappa shape index (κ1) is 13.3. The largest absolute Gasteiger partial charge is 0.375 e. The number of amides is 2. The van der Waals surface area contributed by atoms with Gasteiger partial charge < -0.3 is 19.9 Å². The van der Waals surface area contributed by atoms with Gasteiger partial charge >= 0.3 is 0 Å². The second-order valence-electron chi connectivity index (χ2n) is 5.03. The van der Waals surface area contributed by atoms with Gasteiger partial charge in [0.25, 0.3) is 0 Å². The van der Waals surface area contributed by atoms with E-state index in [9.17, 15) is 9.59 Å². The van der Waals surface area contributed by atoms with Gasteiger partial charge in [0, 0.05) is 19.6 Å². The topological polar surface area (TPSA) is 61.9 Å². The minimum atomic E-state index is 0.00330. The van der Waals surface area contributed by atoms with E-state index in [0.717, 1.165) is 6.54 Å². The van der Waals surface area contributed by atoms with Crippen molar-refractivity contribution in [1.82, 2.24) is 15.1 Å². The first-order valence-corrected chi connectivity index (χ1v) is 6.47. The van der Waals surface area contributed by atoms with E-state index in [0.29, 0.717) is 26.2 Å². The summed E-state index contributed by atoms with van der Waals surface area (Å²) in [4.78, 5) is 27.3. The molecule has 18 heavy (non-hydrogen) atoms. The molecule has 2 heterocycles. The fraction of sp³-hybridized carbons (Fsp3) is 0.833. The second kappa shape index (κ2) is 5.67. The van der Waals surface area contributed by atoms with Crippen LogP contribution in [0.4, 0.5) is 0 Å². The van der Waals surface area contributed by atoms with Crippen LogP contribution in [0, 0.1) is 0 Å². The van der Waals surface area contributed by atoms with Crippen LogP contribution in [-0.4, -0.2) is 73.1 Å². The number of carbonyl (C=O) groups excluding carboxylic acids is 2. The Labute approximate surface area is 107 Å². The van der Waals surface area contributed by atoms with Gasteiger partial charge in [-0.15, -0.1) is 0 Å². The minimum Gasteiger partial charge on any atom is -0.375 e. The third kappa shape index (κ3) is 3.00. The fourth-order valence-corrected chi connectivity index (χ4v) is 2.32. The SMILES string of the molecule is CC1CN(C(=O)CN2CCNCC2=O)C(C)CO1. The van der Waals surface area contributed by atoms with Gasteiger partial charge in [-0.1, -0.05) is 0 Å². The predicted molar refractivity (Wildman–Crippen MR) is 66.0 cm³/mol. The maximum absolute atomic E-state index is 12.2. The number of nitrogens with zero attached hydrogens (tertiary/aromatic N) is 2. The molecule has 0 radical (unpaired) electrons. The van der Waals surface area contributed by atoms with Crippen molar-refractivity contribution >= 4 is 11.8 Å². The van der Waals surface area contributed by atoms with Crippen molar-refractivity contribution in [3.8, 4) is 0 Å². The lowest BCUT2D eigenvalue weighted by atomic mass is 10.2. The number of hydrogen-bond donors (Lipinski definition) is 1. The van der Waals surface area contributed by atoms with Gasteiger partial charge in [-0.25, -0.2) is 0 Å². The highest BCUT2D eigenvalue weighted by Gasteiger charge is 2.29. The molecule has 0 saturated carbocycles. The van der Waals surface area contributed by atoms with Crippen molar-refractivity contribution in [2.24, 2.45) is 0 Å². The Morgan fingerprint density at radius 2 is 2.28 bits per heavy atom. The highest BCUT2D eigenvalue weighted by atomic mass is 16.5. The number of nitrogens with one attached hydrogen (secondary N) is 1. The first-order valence-electron chi connectivity index (χ1n) is 6.47. The Morgan fingerprint density at radius 1 is 1.50 bits per heavy atom. The zero-order valence-electron chi connectivity index (χ0n) is 11.0. The summed E-state index contributed by atoms with van der Waals surface area (Å²) in [5.74, 6) is 0.0245. The summed E-state index contributed by atoms with van der Waals surface area (Å²) in [6.07, 6.45) is 0.0730. The molecule has 2 fully saturated rings. The molecule has 6 heteroatoms. The second-order valence-corrected chi connectivity index (χ2v) is 5.03. The molecule has 0 aromatic carbocycles. The summed E-state index contributed by atoms with van der Waals surface area (Å²) < 4.78 is 5.50. The molecule has 2 aliphatic heterocycles. The van der Waals surface area contributed by atoms with Gasteiger partial charge in [0.1, 0.15) is 0 Å². The number of carbonyl (C=O) groups is 2. The van der Waals surface area contributed by atoms with Crippen molar-refractivity contribution in [3.05, 3.63) is 0 Å². The molecule has 2 unspecified atom stereocenters. The lowest BCUT2D eigenvalue weighted by Gasteiger charge is -2.38. The molecule has 102 valence electrons. The minimum absolute atomic E-state index is 0.00330. The van der Waals surface area contributed by atoms with Crippen LogP contribution in [0.2, 0.25) is 0 Å². The first-order chi connectivity index (χ1) is 8.58. The van der Waals surface area contributed by atoms with Gasteiger partial charge in [0.15, 0.2) is 0 Å². The summed E-state index contributed by atoms with van der Waals surface area (Å²) in [6.45, 7) is 7.01. The molecule has 2 rings (SSSR count). The van der Waals surface area contributed by atoms with Crippen LogP contribution in [0.3, 0.4) is 0 Å². The van der Waals surface area contributed by atoms with Crippen molar-refractivity contribution in [2.45, 2.75) is 26.0 Å². The standard InChI is InChI=1S/C12H21N3O3/c1-9-8-18-10(2)6-15(9)12(17)7-14-4-3-13-5-11(14)16/h9-10,13H,3-8H2,1-2H3. The van der Waals surface area contributed by atoms with E-state index in [-0.39, 0.29) is 30.5 Å². The van der Waals surface area contributed by atoms with E-state index in [2.05, 4.69) is 5.32 Å². The Balaban J connectivity index is 1.91. The van der Waals surface area contributed by atoms with Gasteiger partial charge in [-0.3, -0.25) is 9.59 Å². The molecule has 0 aliphatic carbocycles. The van der Waals surface area contributed by atoms with E-state index in [1.165, 1.54) is 0 Å². The van der Waals surface area contributed by atoms with Gasteiger partial charge in [-0.05, 0) is 13.8 Å². The van der Waals surface area contributed by atoms with Crippen molar-refractivity contribution in [3.63, 3.8) is 0 Å². The number of hydrogen-bond acceptors (Lipinski definition) is 4. The van der Waals surface area contributed by atoms with E-state index in [4.69, 9.17) is 4.74 Å². The molecular weight excluding hydrogens is 234 g/mol. The van der Waals surface area contributed by atoms with E-state index in [1.54, 1.807) is 4.90 Å². The summed E-state index contributed by atoms with van der Waals surface area (Å²) in [5.41, 5.74) is 0. The third-order valence-corrected chi connectivity index (χ3v) is 3.44. The van der Waals surface area contributed by atoms with Crippen molar-refractivity contribution in [1.29, 1.82) is 0 Å². The Kier molecular flexibility index (Phi) is 4.19. The fourth-order valence-electron chi connectivity index (χ4n) is 2.32. The molecule has 2 atom stereocenters. The van der Waals surface area contributed by atoms with Gasteiger partial charge in [0.05, 0.1) is 31.8 Å². The lowest BCUT2D eigenvalue weighted by Crippen LogP contribution is -2.56. The van der Waals surface area contributed by atoms with E-state index < -0.39 is 0 Å². The monoisotopic (exact) mass is 255 g/mol. The van der Waals surface area contributed by atoms with Crippen LogP contribution in [0.25, 0.3) is 0 Å². The molecule has 6 nitrogen and oxygen atoms in total. The van der Waals surface area contributed by atoms with Crippen LogP contribution in [0.15, 0.2) is 0 Å². The highest BCUT2D eigenvalue weighted by molar-refractivity contribution is 5.86. The molecule has 0 aromatic heterocycles. The molecule has 2 saturated heterocycles. The van der Waals surface area contributed by atoms with Crippen LogP contribution in [0.5, 0.6) is 0 Å². The van der Waals surface area contributed by atoms with E-state index >= 15 is 0 Å². The number of rotatable bonds is 2. The predicted octanol–water partition coefficient (Wildman–Crippen LogP) is -0.946. The molecule has 2 amide bonds. The Bertz CT molecular complexity index is 335. The van der Waals surface area contributed by atoms with E-state index in [1.807, 2.05) is 18.7 Å². The zero-order chi connectivity index (χ0) is 13.1. The van der Waals surface area contributed by atoms with Crippen LogP contribution < -0.4 is 5.32 Å². The normalized spacial score (nSPS) is 29.6. The Morgan fingerprint density at radius 3 is 3.00 bits per heavy atom. The van der Waals surface area contributed by atoms with Crippen LogP contribution in [-0.2, 0) is 14.3 Å². The molecular formula is C12H21N3O3. The smallest absolute Gasteiger partial charge is 0.242 e. The molecule has 0 aromatic rings. The third-order valence-electron chi connectivity index (χ3n) is 3.44. The van der Waals surface area contributed by atoms with Crippen molar-refractivity contribution in [2.75, 3.05) is 39.3 Å². The molecule has 0 bridgehead atoms. The van der Waals surface area contributed by atoms with Crippen LogP contribution >= 0.6 is 0 Å². The molecule has 1 N–H and O–H groups in total. The van der Waals surface area contributed by atoms with Gasteiger partial charge in [-0.2, -0.15) is 0 Å². The average molecular weight is 255 g/mol. The zero-order valence-corrected chi connectivity index (χ0v) is 11.0. The highest BCUT2D eigenvalue weighted by Crippen LogP contribution is 2.12. The number of piperazine rings is 1. The quantitative estimate of drug-likeness (QED) is 0.691. The average Bonchev–Trinajstić information content (AvgIpc) is 2.35. The maximum atomic E-state index is 12.2. The lowest BCUT2D eigenvalue weighted by molar-refractivity contribution is -0.148. The summed E-state index contributed by atoms with van der Waals surface area (Å²) in [5, 5.41) is 3.00. The number of morpholine rings is 1. The molecule has 2 aliphatic rings. The summed E-state index contributed by atoms with van der Waals surface area (Å²) >= 11 is 0. The summed E-state index contributed by atoms with van der Waals surface area (Å²) in [7, 11) is 0. The molecule has 0 spiro atoms. The maximum Gasteiger partial charge on any atom is 0.242 e. The Hall–Kier alpha value is -1.14. The van der Waals surface area contributed by atoms with Crippen molar-refractivity contribution < 1.29 is 14.3 Å².